The van der Waals surface area contributed by atoms with E-state index in [1.165, 1.54) is 51.4 Å². The number of nitrogens with two attached hydrogens (primary N) is 1. The molecule has 2 N–H and O–H groups in total. The summed E-state index contributed by atoms with van der Waals surface area (Å²) in [6, 6.07) is 0. The quantitative estimate of drug-likeness (QED) is 0.205. The molecule has 140 valence electrons. The maximum atomic E-state index is 5.33. The molecule has 6 heteroatoms. The van der Waals surface area contributed by atoms with Gasteiger partial charge in [0.15, 0.2) is 0 Å². The number of hydrogen-bond acceptors (Lipinski definition) is 6. The van der Waals surface area contributed by atoms with Crippen LogP contribution >= 0.6 is 0 Å². The van der Waals surface area contributed by atoms with Crippen molar-refractivity contribution < 1.29 is 24.6 Å². The molecule has 0 spiro atoms. The van der Waals surface area contributed by atoms with E-state index in [4.69, 9.17) is 20.2 Å². The Morgan fingerprint density at radius 1 is 0.565 bits per heavy atom. The zero-order valence-corrected chi connectivity index (χ0v) is 14.9. The van der Waals surface area contributed by atoms with Crippen LogP contribution in [0.1, 0.15) is 77.6 Å². The summed E-state index contributed by atoms with van der Waals surface area (Å²) in [5, 5.41) is 8.85. The lowest BCUT2D eigenvalue weighted by molar-refractivity contribution is -0.634. The van der Waals surface area contributed by atoms with Gasteiger partial charge >= 0.3 is 0 Å². The SMILES string of the molecule is CCCCCCCCCCCCOOOOCCOCCCN. The van der Waals surface area contributed by atoms with Crippen LogP contribution in [0.2, 0.25) is 0 Å². The number of hydrogen-bond donors (Lipinski definition) is 1. The van der Waals surface area contributed by atoms with Crippen molar-refractivity contribution >= 4 is 0 Å². The fourth-order valence-electron chi connectivity index (χ4n) is 2.14. The second kappa shape index (κ2) is 21.8. The van der Waals surface area contributed by atoms with Crippen LogP contribution in [0.3, 0.4) is 0 Å². The van der Waals surface area contributed by atoms with Gasteiger partial charge < -0.3 is 10.5 Å². The van der Waals surface area contributed by atoms with Crippen molar-refractivity contribution in [3.8, 4) is 0 Å². The van der Waals surface area contributed by atoms with Crippen LogP contribution in [0.15, 0.2) is 0 Å². The minimum absolute atomic E-state index is 0.298. The first-order valence-corrected chi connectivity index (χ1v) is 9.27. The Bertz CT molecular complexity index is 187. The van der Waals surface area contributed by atoms with Gasteiger partial charge in [-0.2, -0.15) is 0 Å². The largest absolute Gasteiger partial charge is 0.379 e. The van der Waals surface area contributed by atoms with E-state index in [2.05, 4.69) is 17.0 Å². The molecule has 23 heavy (non-hydrogen) atoms. The van der Waals surface area contributed by atoms with Crippen molar-refractivity contribution in [3.63, 3.8) is 0 Å². The van der Waals surface area contributed by atoms with E-state index in [-0.39, 0.29) is 0 Å². The van der Waals surface area contributed by atoms with Gasteiger partial charge in [-0.05, 0) is 29.5 Å². The minimum Gasteiger partial charge on any atom is -0.379 e. The monoisotopic (exact) mass is 335 g/mol. The average molecular weight is 335 g/mol. The van der Waals surface area contributed by atoms with Crippen molar-refractivity contribution in [1.82, 2.24) is 0 Å². The minimum atomic E-state index is 0.298. The second-order valence-electron chi connectivity index (χ2n) is 5.72. The predicted octanol–water partition coefficient (Wildman–Crippen LogP) is 4.08. The fourth-order valence-corrected chi connectivity index (χ4v) is 2.14. The summed E-state index contributed by atoms with van der Waals surface area (Å²) in [5.41, 5.74) is 5.33. The van der Waals surface area contributed by atoms with E-state index in [1.807, 2.05) is 0 Å². The van der Waals surface area contributed by atoms with Gasteiger partial charge in [-0.25, -0.2) is 9.78 Å². The molecule has 0 aromatic rings. The van der Waals surface area contributed by atoms with Gasteiger partial charge in [0.2, 0.25) is 0 Å². The van der Waals surface area contributed by atoms with Crippen molar-refractivity contribution in [2.75, 3.05) is 33.0 Å². The van der Waals surface area contributed by atoms with Crippen LogP contribution in [0, 0.1) is 0 Å². The van der Waals surface area contributed by atoms with Crippen LogP contribution in [-0.4, -0.2) is 33.0 Å². The fraction of sp³-hybridized carbons (Fsp3) is 1.00. The van der Waals surface area contributed by atoms with Crippen molar-refractivity contribution in [2.24, 2.45) is 5.73 Å². The van der Waals surface area contributed by atoms with E-state index in [1.54, 1.807) is 0 Å². The maximum absolute atomic E-state index is 5.33. The summed E-state index contributed by atoms with van der Waals surface area (Å²) in [6.07, 6.45) is 13.8. The molecule has 0 aliphatic heterocycles. The summed E-state index contributed by atoms with van der Waals surface area (Å²) in [4.78, 5) is 9.56. The van der Waals surface area contributed by atoms with Gasteiger partial charge in [-0.3, -0.25) is 0 Å². The molecule has 0 saturated carbocycles. The Morgan fingerprint density at radius 2 is 1.13 bits per heavy atom. The van der Waals surface area contributed by atoms with Crippen LogP contribution in [-0.2, 0) is 24.6 Å². The molecule has 6 nitrogen and oxygen atoms in total. The molecule has 0 heterocycles. The van der Waals surface area contributed by atoms with Gasteiger partial charge in [0.05, 0.1) is 13.2 Å². The maximum Gasteiger partial charge on any atom is 0.109 e. The summed E-state index contributed by atoms with van der Waals surface area (Å²) >= 11 is 0. The Labute approximate surface area is 141 Å². The van der Waals surface area contributed by atoms with E-state index in [0.29, 0.717) is 33.0 Å². The third-order valence-corrected chi connectivity index (χ3v) is 3.51. The van der Waals surface area contributed by atoms with Gasteiger partial charge in [0, 0.05) is 6.61 Å². The van der Waals surface area contributed by atoms with E-state index in [9.17, 15) is 0 Å². The van der Waals surface area contributed by atoms with Gasteiger partial charge in [0.1, 0.15) is 6.61 Å². The topological polar surface area (TPSA) is 72.2 Å². The van der Waals surface area contributed by atoms with E-state index < -0.39 is 0 Å². The number of rotatable bonds is 20. The normalized spacial score (nSPS) is 11.2. The second-order valence-corrected chi connectivity index (χ2v) is 5.72. The van der Waals surface area contributed by atoms with E-state index >= 15 is 0 Å². The number of unbranched alkanes of at least 4 members (excludes halogenated alkanes) is 9. The lowest BCUT2D eigenvalue weighted by Crippen LogP contribution is -2.09. The van der Waals surface area contributed by atoms with Crippen molar-refractivity contribution in [1.29, 1.82) is 0 Å². The summed E-state index contributed by atoms with van der Waals surface area (Å²) in [6.45, 7) is 4.78. The molecule has 0 radical (unpaired) electrons. The first kappa shape index (κ1) is 22.8. The molecule has 0 aromatic heterocycles. The van der Waals surface area contributed by atoms with Gasteiger partial charge in [-0.1, -0.05) is 64.7 Å². The molecule has 0 rings (SSSR count). The Kier molecular flexibility index (Phi) is 21.5. The molecule has 0 aliphatic rings. The highest BCUT2D eigenvalue weighted by Gasteiger charge is 1.95. The third-order valence-electron chi connectivity index (χ3n) is 3.51. The van der Waals surface area contributed by atoms with Crippen LogP contribution in [0.25, 0.3) is 0 Å². The standard InChI is InChI=1S/C17H37NO5/c1-2-3-4-5-6-7-8-9-10-11-15-20-22-23-21-17-16-19-14-12-13-18/h2-18H2,1H3. The third kappa shape index (κ3) is 21.8. The molecule has 0 unspecified atom stereocenters. The molecule has 0 saturated heterocycles. The first-order chi connectivity index (χ1) is 11.4. The molecule has 0 bridgehead atoms. The molecular formula is C17H37NO5. The molecule has 0 aliphatic carbocycles. The molecule has 0 atom stereocenters. The molecular weight excluding hydrogens is 298 g/mol. The zero-order valence-electron chi connectivity index (χ0n) is 14.9. The van der Waals surface area contributed by atoms with Crippen molar-refractivity contribution in [3.05, 3.63) is 0 Å². The lowest BCUT2D eigenvalue weighted by Gasteiger charge is -2.04. The smallest absolute Gasteiger partial charge is 0.109 e. The highest BCUT2D eigenvalue weighted by atomic mass is 17.7. The highest BCUT2D eigenvalue weighted by Crippen LogP contribution is 2.10. The Morgan fingerprint density at radius 3 is 1.74 bits per heavy atom. The van der Waals surface area contributed by atoms with Gasteiger partial charge in [0.25, 0.3) is 0 Å². The Hall–Kier alpha value is -0.240. The first-order valence-electron chi connectivity index (χ1n) is 9.27. The summed E-state index contributed by atoms with van der Waals surface area (Å²) < 4.78 is 5.21. The number of ether oxygens (including phenoxy) is 1. The summed E-state index contributed by atoms with van der Waals surface area (Å²) in [5.74, 6) is 0. The Balaban J connectivity index is 2.92. The summed E-state index contributed by atoms with van der Waals surface area (Å²) in [7, 11) is 0. The highest BCUT2D eigenvalue weighted by molar-refractivity contribution is 4.46. The predicted molar refractivity (Wildman–Crippen MR) is 90.4 cm³/mol. The molecule has 0 fully saturated rings. The van der Waals surface area contributed by atoms with Crippen LogP contribution in [0.5, 0.6) is 0 Å². The van der Waals surface area contributed by atoms with E-state index in [0.717, 1.165) is 19.3 Å². The zero-order chi connectivity index (χ0) is 16.8. The lowest BCUT2D eigenvalue weighted by atomic mass is 10.1. The van der Waals surface area contributed by atoms with Gasteiger partial charge in [-0.15, -0.1) is 0 Å². The van der Waals surface area contributed by atoms with Crippen molar-refractivity contribution in [2.45, 2.75) is 77.6 Å². The molecule has 0 amide bonds. The average Bonchev–Trinajstić information content (AvgIpc) is 2.57. The van der Waals surface area contributed by atoms with Crippen LogP contribution in [0.4, 0.5) is 0 Å². The molecule has 0 aromatic carbocycles. The van der Waals surface area contributed by atoms with Crippen LogP contribution < -0.4 is 5.73 Å².